The first-order valence-electron chi connectivity index (χ1n) is 5.19. The predicted molar refractivity (Wildman–Crippen MR) is 73.5 cm³/mol. The molecular weight excluding hydrogens is 340 g/mol. The summed E-state index contributed by atoms with van der Waals surface area (Å²) in [6, 6.07) is 7.50. The van der Waals surface area contributed by atoms with Gasteiger partial charge in [0.15, 0.2) is 0 Å². The Bertz CT molecular complexity index is 649. The van der Waals surface area contributed by atoms with Crippen molar-refractivity contribution >= 4 is 39.1 Å². The van der Waals surface area contributed by atoms with Gasteiger partial charge < -0.3 is 5.32 Å². The van der Waals surface area contributed by atoms with Gasteiger partial charge in [-0.2, -0.15) is 0 Å². The highest BCUT2D eigenvalue weighted by atomic mass is 79.9. The molecule has 98 valence electrons. The van der Waals surface area contributed by atoms with Crippen LogP contribution in [-0.2, 0) is 0 Å². The molecule has 0 atom stereocenters. The molecule has 0 bridgehead atoms. The van der Waals surface area contributed by atoms with E-state index in [9.17, 15) is 13.6 Å². The van der Waals surface area contributed by atoms with Crippen molar-refractivity contribution in [2.45, 2.75) is 0 Å². The van der Waals surface area contributed by atoms with Gasteiger partial charge in [-0.05, 0) is 36.4 Å². The lowest BCUT2D eigenvalue weighted by atomic mass is 10.2. The third-order valence-electron chi connectivity index (χ3n) is 2.35. The molecule has 0 aliphatic heterocycles. The van der Waals surface area contributed by atoms with Gasteiger partial charge in [-0.15, -0.1) is 0 Å². The van der Waals surface area contributed by atoms with Crippen LogP contribution < -0.4 is 5.32 Å². The maximum atomic E-state index is 13.5. The Morgan fingerprint density at radius 1 is 1.16 bits per heavy atom. The Balaban J connectivity index is 2.30. The monoisotopic (exact) mass is 345 g/mol. The molecule has 6 heteroatoms. The largest absolute Gasteiger partial charge is 0.320 e. The van der Waals surface area contributed by atoms with E-state index in [2.05, 4.69) is 21.2 Å². The Morgan fingerprint density at radius 3 is 2.63 bits per heavy atom. The first-order valence-corrected chi connectivity index (χ1v) is 6.36. The molecule has 1 N–H and O–H groups in total. The molecule has 0 aliphatic rings. The van der Waals surface area contributed by atoms with E-state index in [1.165, 1.54) is 18.2 Å². The number of halogens is 4. The van der Waals surface area contributed by atoms with Gasteiger partial charge in [0.2, 0.25) is 0 Å². The Labute approximate surface area is 121 Å². The summed E-state index contributed by atoms with van der Waals surface area (Å²) >= 11 is 8.96. The van der Waals surface area contributed by atoms with E-state index in [4.69, 9.17) is 11.6 Å². The summed E-state index contributed by atoms with van der Waals surface area (Å²) in [4.78, 5) is 11.9. The standard InChI is InChI=1S/C13H7BrClF2NO/c14-7-1-4-11(17)9(5-7)13(19)18-12-6-8(16)2-3-10(12)15/h1-6H,(H,18,19). The minimum atomic E-state index is -0.702. The lowest BCUT2D eigenvalue weighted by molar-refractivity contribution is 0.102. The van der Waals surface area contributed by atoms with Crippen molar-refractivity contribution in [1.82, 2.24) is 0 Å². The first-order chi connectivity index (χ1) is 8.97. The molecule has 0 aliphatic carbocycles. The number of hydrogen-bond donors (Lipinski definition) is 1. The SMILES string of the molecule is O=C(Nc1cc(F)ccc1Cl)c1cc(Br)ccc1F. The lowest BCUT2D eigenvalue weighted by Crippen LogP contribution is -2.14. The fourth-order valence-corrected chi connectivity index (χ4v) is 1.98. The van der Waals surface area contributed by atoms with Gasteiger partial charge in [0, 0.05) is 4.47 Å². The van der Waals surface area contributed by atoms with Gasteiger partial charge in [-0.25, -0.2) is 8.78 Å². The normalized spacial score (nSPS) is 10.3. The summed E-state index contributed by atoms with van der Waals surface area (Å²) in [5.41, 5.74) is -0.0688. The van der Waals surface area contributed by atoms with Crippen molar-refractivity contribution in [3.8, 4) is 0 Å². The zero-order valence-electron chi connectivity index (χ0n) is 9.38. The molecule has 19 heavy (non-hydrogen) atoms. The number of anilines is 1. The van der Waals surface area contributed by atoms with Crippen LogP contribution in [0.5, 0.6) is 0 Å². The van der Waals surface area contributed by atoms with Gasteiger partial charge in [0.1, 0.15) is 11.6 Å². The zero-order valence-corrected chi connectivity index (χ0v) is 11.7. The predicted octanol–water partition coefficient (Wildman–Crippen LogP) is 4.63. The van der Waals surface area contributed by atoms with E-state index in [1.807, 2.05) is 0 Å². The van der Waals surface area contributed by atoms with Crippen molar-refractivity contribution < 1.29 is 13.6 Å². The third kappa shape index (κ3) is 3.30. The number of rotatable bonds is 2. The highest BCUT2D eigenvalue weighted by Crippen LogP contribution is 2.24. The molecule has 0 aromatic heterocycles. The molecular formula is C13H7BrClF2NO. The molecule has 2 aromatic carbocycles. The Kier molecular flexibility index (Phi) is 4.17. The summed E-state index contributed by atoms with van der Waals surface area (Å²) in [5.74, 6) is -1.92. The second kappa shape index (κ2) is 5.67. The van der Waals surface area contributed by atoms with Gasteiger partial charge >= 0.3 is 0 Å². The fourth-order valence-electron chi connectivity index (χ4n) is 1.45. The van der Waals surface area contributed by atoms with E-state index in [0.717, 1.165) is 18.2 Å². The van der Waals surface area contributed by atoms with Crippen molar-refractivity contribution in [3.63, 3.8) is 0 Å². The smallest absolute Gasteiger partial charge is 0.258 e. The maximum Gasteiger partial charge on any atom is 0.258 e. The topological polar surface area (TPSA) is 29.1 Å². The second-order valence-corrected chi connectivity index (χ2v) is 5.03. The molecule has 2 rings (SSSR count). The fraction of sp³-hybridized carbons (Fsp3) is 0. The summed E-state index contributed by atoms with van der Waals surface area (Å²) in [5, 5.41) is 2.54. The molecule has 2 aromatic rings. The van der Waals surface area contributed by atoms with Crippen LogP contribution in [0.2, 0.25) is 5.02 Å². The molecule has 0 spiro atoms. The molecule has 0 saturated heterocycles. The molecule has 2 nitrogen and oxygen atoms in total. The van der Waals surface area contributed by atoms with Gasteiger partial charge in [0.25, 0.3) is 5.91 Å². The van der Waals surface area contributed by atoms with Crippen molar-refractivity contribution in [2.24, 2.45) is 0 Å². The Morgan fingerprint density at radius 2 is 1.89 bits per heavy atom. The molecule has 1 amide bonds. The average molecular weight is 347 g/mol. The average Bonchev–Trinajstić information content (AvgIpc) is 2.36. The highest BCUT2D eigenvalue weighted by Gasteiger charge is 2.14. The van der Waals surface area contributed by atoms with Crippen molar-refractivity contribution in [2.75, 3.05) is 5.32 Å². The zero-order chi connectivity index (χ0) is 14.0. The third-order valence-corrected chi connectivity index (χ3v) is 3.17. The van der Waals surface area contributed by atoms with E-state index in [1.54, 1.807) is 0 Å². The van der Waals surface area contributed by atoms with Crippen LogP contribution in [0.1, 0.15) is 10.4 Å². The van der Waals surface area contributed by atoms with Gasteiger partial charge in [0.05, 0.1) is 16.3 Å². The number of hydrogen-bond acceptors (Lipinski definition) is 1. The second-order valence-electron chi connectivity index (χ2n) is 3.70. The lowest BCUT2D eigenvalue weighted by Gasteiger charge is -2.08. The van der Waals surface area contributed by atoms with Crippen LogP contribution in [0.25, 0.3) is 0 Å². The van der Waals surface area contributed by atoms with Crippen LogP contribution in [-0.4, -0.2) is 5.91 Å². The summed E-state index contributed by atoms with van der Waals surface area (Å²) in [6.45, 7) is 0. The number of benzene rings is 2. The number of carbonyl (C=O) groups excluding carboxylic acids is 1. The molecule has 0 fully saturated rings. The van der Waals surface area contributed by atoms with Crippen LogP contribution in [0.4, 0.5) is 14.5 Å². The quantitative estimate of drug-likeness (QED) is 0.844. The van der Waals surface area contributed by atoms with Gasteiger partial charge in [-0.1, -0.05) is 27.5 Å². The molecule has 0 saturated carbocycles. The van der Waals surface area contributed by atoms with Gasteiger partial charge in [-0.3, -0.25) is 4.79 Å². The number of nitrogens with one attached hydrogen (secondary N) is 1. The van der Waals surface area contributed by atoms with Crippen LogP contribution in [0.15, 0.2) is 40.9 Å². The first kappa shape index (κ1) is 14.0. The van der Waals surface area contributed by atoms with E-state index < -0.39 is 17.5 Å². The molecule has 0 radical (unpaired) electrons. The number of carbonyl (C=O) groups is 1. The highest BCUT2D eigenvalue weighted by molar-refractivity contribution is 9.10. The van der Waals surface area contributed by atoms with E-state index in [-0.39, 0.29) is 16.3 Å². The maximum absolute atomic E-state index is 13.5. The van der Waals surface area contributed by atoms with E-state index in [0.29, 0.717) is 4.47 Å². The van der Waals surface area contributed by atoms with Crippen LogP contribution in [0, 0.1) is 11.6 Å². The van der Waals surface area contributed by atoms with Crippen LogP contribution in [0.3, 0.4) is 0 Å². The van der Waals surface area contributed by atoms with E-state index >= 15 is 0 Å². The van der Waals surface area contributed by atoms with Crippen LogP contribution >= 0.6 is 27.5 Å². The summed E-state index contributed by atoms with van der Waals surface area (Å²) in [7, 11) is 0. The molecule has 0 unspecified atom stereocenters. The number of amides is 1. The molecule has 0 heterocycles. The van der Waals surface area contributed by atoms with Crippen molar-refractivity contribution in [3.05, 3.63) is 63.1 Å². The van der Waals surface area contributed by atoms with Crippen molar-refractivity contribution in [1.29, 1.82) is 0 Å². The minimum Gasteiger partial charge on any atom is -0.320 e. The summed E-state index contributed by atoms with van der Waals surface area (Å²) < 4.78 is 27.1. The Hall–Kier alpha value is -1.46. The minimum absolute atomic E-state index is 0.0889. The summed E-state index contributed by atoms with van der Waals surface area (Å²) in [6.07, 6.45) is 0.